The molecular weight excluding hydrogens is 276 g/mol. The molecule has 108 valence electrons. The van der Waals surface area contributed by atoms with E-state index in [0.29, 0.717) is 23.7 Å². The van der Waals surface area contributed by atoms with E-state index in [0.717, 1.165) is 5.56 Å². The number of hydrogen-bond donors (Lipinski definition) is 0. The first-order valence-corrected chi connectivity index (χ1v) is 6.63. The molecule has 4 heteroatoms. The lowest BCUT2D eigenvalue weighted by atomic mass is 10.1. The van der Waals surface area contributed by atoms with E-state index in [1.54, 1.807) is 25.3 Å². The van der Waals surface area contributed by atoms with Crippen LogP contribution in [0.5, 0.6) is 11.5 Å². The van der Waals surface area contributed by atoms with Gasteiger partial charge in [-0.15, -0.1) is 0 Å². The molecule has 2 rings (SSSR count). The summed E-state index contributed by atoms with van der Waals surface area (Å²) in [4.78, 5) is 0. The van der Waals surface area contributed by atoms with Crippen LogP contribution >= 0.6 is 0 Å². The molecule has 0 unspecified atom stereocenters. The molecule has 0 amide bonds. The fraction of sp³-hybridized carbons (Fsp3) is 0.111. The first-order chi connectivity index (χ1) is 10.8. The van der Waals surface area contributed by atoms with Crippen molar-refractivity contribution in [3.63, 3.8) is 0 Å². The SMILES string of the molecule is COc1cc(C=C(C#N)C#N)ccc1OCc1ccccc1. The first-order valence-electron chi connectivity index (χ1n) is 6.63. The number of allylic oxidation sites excluding steroid dienone is 1. The molecule has 0 radical (unpaired) electrons. The molecule has 2 aromatic rings. The van der Waals surface area contributed by atoms with Crippen molar-refractivity contribution in [3.8, 4) is 23.6 Å². The summed E-state index contributed by atoms with van der Waals surface area (Å²) < 4.78 is 11.1. The Kier molecular flexibility index (Phi) is 5.18. The Balaban J connectivity index is 2.18. The van der Waals surface area contributed by atoms with E-state index in [-0.39, 0.29) is 5.57 Å². The first kappa shape index (κ1) is 15.2. The van der Waals surface area contributed by atoms with Crippen molar-refractivity contribution in [2.24, 2.45) is 0 Å². The summed E-state index contributed by atoms with van der Waals surface area (Å²) >= 11 is 0. The maximum atomic E-state index is 8.78. The Bertz CT molecular complexity index is 737. The van der Waals surface area contributed by atoms with Gasteiger partial charge in [0.05, 0.1) is 7.11 Å². The molecule has 0 aromatic heterocycles. The molecule has 0 spiro atoms. The molecule has 0 bridgehead atoms. The highest BCUT2D eigenvalue weighted by Gasteiger charge is 2.06. The van der Waals surface area contributed by atoms with Gasteiger partial charge in [-0.25, -0.2) is 0 Å². The average Bonchev–Trinajstić information content (AvgIpc) is 2.59. The number of rotatable bonds is 5. The topological polar surface area (TPSA) is 66.0 Å². The van der Waals surface area contributed by atoms with E-state index in [9.17, 15) is 0 Å². The summed E-state index contributed by atoms with van der Waals surface area (Å²) in [5.74, 6) is 1.17. The average molecular weight is 290 g/mol. The van der Waals surface area contributed by atoms with E-state index < -0.39 is 0 Å². The smallest absolute Gasteiger partial charge is 0.161 e. The van der Waals surface area contributed by atoms with Gasteiger partial charge in [0.25, 0.3) is 0 Å². The van der Waals surface area contributed by atoms with Crippen molar-refractivity contribution in [2.75, 3.05) is 7.11 Å². The van der Waals surface area contributed by atoms with E-state index in [4.69, 9.17) is 20.0 Å². The quantitative estimate of drug-likeness (QED) is 0.787. The van der Waals surface area contributed by atoms with Crippen molar-refractivity contribution >= 4 is 6.08 Å². The van der Waals surface area contributed by atoms with Crippen LogP contribution in [0.3, 0.4) is 0 Å². The highest BCUT2D eigenvalue weighted by atomic mass is 16.5. The number of nitriles is 2. The van der Waals surface area contributed by atoms with Crippen LogP contribution in [0.25, 0.3) is 6.08 Å². The van der Waals surface area contributed by atoms with Gasteiger partial charge in [-0.05, 0) is 29.3 Å². The van der Waals surface area contributed by atoms with Crippen LogP contribution in [-0.4, -0.2) is 7.11 Å². The maximum absolute atomic E-state index is 8.78. The third-order valence-electron chi connectivity index (χ3n) is 2.98. The molecule has 22 heavy (non-hydrogen) atoms. The molecule has 0 heterocycles. The highest BCUT2D eigenvalue weighted by molar-refractivity contribution is 5.64. The molecule has 4 nitrogen and oxygen atoms in total. The van der Waals surface area contributed by atoms with E-state index >= 15 is 0 Å². The van der Waals surface area contributed by atoms with E-state index in [1.807, 2.05) is 42.5 Å². The zero-order valence-electron chi connectivity index (χ0n) is 12.1. The second-order valence-corrected chi connectivity index (χ2v) is 4.47. The van der Waals surface area contributed by atoms with Crippen LogP contribution < -0.4 is 9.47 Å². The van der Waals surface area contributed by atoms with Gasteiger partial charge in [-0.2, -0.15) is 10.5 Å². The zero-order valence-corrected chi connectivity index (χ0v) is 12.1. The monoisotopic (exact) mass is 290 g/mol. The minimum absolute atomic E-state index is 0.0417. The zero-order chi connectivity index (χ0) is 15.8. The summed E-state index contributed by atoms with van der Waals surface area (Å²) in [5, 5.41) is 17.6. The van der Waals surface area contributed by atoms with Gasteiger partial charge in [-0.3, -0.25) is 0 Å². The molecule has 0 aliphatic carbocycles. The van der Waals surface area contributed by atoms with Crippen LogP contribution in [0, 0.1) is 22.7 Å². The maximum Gasteiger partial charge on any atom is 0.161 e. The van der Waals surface area contributed by atoms with Crippen molar-refractivity contribution in [1.82, 2.24) is 0 Å². The van der Waals surface area contributed by atoms with Crippen LogP contribution in [-0.2, 0) is 6.61 Å². The van der Waals surface area contributed by atoms with Crippen molar-refractivity contribution in [3.05, 3.63) is 65.2 Å². The second-order valence-electron chi connectivity index (χ2n) is 4.47. The Morgan fingerprint density at radius 2 is 1.77 bits per heavy atom. The summed E-state index contributed by atoms with van der Waals surface area (Å²) in [6.07, 6.45) is 1.50. The molecule has 0 saturated carbocycles. The highest BCUT2D eigenvalue weighted by Crippen LogP contribution is 2.29. The number of nitrogens with zero attached hydrogens (tertiary/aromatic N) is 2. The fourth-order valence-corrected chi connectivity index (χ4v) is 1.88. The predicted molar refractivity (Wildman–Crippen MR) is 83.0 cm³/mol. The molecule has 0 saturated heterocycles. The summed E-state index contributed by atoms with van der Waals surface area (Å²) in [7, 11) is 1.55. The summed E-state index contributed by atoms with van der Waals surface area (Å²) in [6, 6.07) is 18.7. The third-order valence-corrected chi connectivity index (χ3v) is 2.98. The Morgan fingerprint density at radius 1 is 1.05 bits per heavy atom. The number of methoxy groups -OCH3 is 1. The number of hydrogen-bond acceptors (Lipinski definition) is 4. The molecule has 0 atom stereocenters. The minimum Gasteiger partial charge on any atom is -0.493 e. The Hall–Kier alpha value is -3.24. The minimum atomic E-state index is 0.0417. The van der Waals surface area contributed by atoms with Crippen LogP contribution in [0.15, 0.2) is 54.1 Å². The van der Waals surface area contributed by atoms with Crippen LogP contribution in [0.1, 0.15) is 11.1 Å². The third kappa shape index (κ3) is 3.88. The van der Waals surface area contributed by atoms with Gasteiger partial charge in [0.15, 0.2) is 11.5 Å². The van der Waals surface area contributed by atoms with Crippen molar-refractivity contribution in [1.29, 1.82) is 10.5 Å². The lowest BCUT2D eigenvalue weighted by Gasteiger charge is -2.11. The summed E-state index contributed by atoms with van der Waals surface area (Å²) in [5.41, 5.74) is 1.81. The molecule has 0 aliphatic heterocycles. The van der Waals surface area contributed by atoms with Gasteiger partial charge in [0.1, 0.15) is 24.3 Å². The second kappa shape index (κ2) is 7.52. The van der Waals surface area contributed by atoms with Gasteiger partial charge in [-0.1, -0.05) is 36.4 Å². The largest absolute Gasteiger partial charge is 0.493 e. The van der Waals surface area contributed by atoms with Gasteiger partial charge in [0, 0.05) is 0 Å². The number of benzene rings is 2. The fourth-order valence-electron chi connectivity index (χ4n) is 1.88. The van der Waals surface area contributed by atoms with E-state index in [2.05, 4.69) is 0 Å². The Labute approximate surface area is 129 Å². The van der Waals surface area contributed by atoms with Crippen molar-refractivity contribution < 1.29 is 9.47 Å². The molecule has 0 fully saturated rings. The van der Waals surface area contributed by atoms with Gasteiger partial charge in [0.2, 0.25) is 0 Å². The van der Waals surface area contributed by atoms with Gasteiger partial charge >= 0.3 is 0 Å². The molecule has 0 N–H and O–H groups in total. The van der Waals surface area contributed by atoms with Crippen molar-refractivity contribution in [2.45, 2.75) is 6.61 Å². The molecule has 0 aliphatic rings. The Morgan fingerprint density at radius 3 is 2.41 bits per heavy atom. The normalized spacial score (nSPS) is 9.23. The van der Waals surface area contributed by atoms with E-state index in [1.165, 1.54) is 6.08 Å². The lowest BCUT2D eigenvalue weighted by molar-refractivity contribution is 0.284. The molecule has 2 aromatic carbocycles. The summed E-state index contributed by atoms with van der Waals surface area (Å²) in [6.45, 7) is 0.439. The lowest BCUT2D eigenvalue weighted by Crippen LogP contribution is -1.97. The molecular formula is C18H14N2O2. The number of ether oxygens (including phenoxy) is 2. The standard InChI is InChI=1S/C18H14N2O2/c1-21-18-10-15(9-16(11-19)12-20)7-8-17(18)22-13-14-5-3-2-4-6-14/h2-10H,13H2,1H3. The predicted octanol–water partition coefficient (Wildman–Crippen LogP) is 3.70. The van der Waals surface area contributed by atoms with Gasteiger partial charge < -0.3 is 9.47 Å². The van der Waals surface area contributed by atoms with Crippen LogP contribution in [0.2, 0.25) is 0 Å². The van der Waals surface area contributed by atoms with Crippen LogP contribution in [0.4, 0.5) is 0 Å².